The minimum atomic E-state index is -3.38. The largest absolute Gasteiger partial charge is 0.284 e. The third kappa shape index (κ3) is 1.67. The van der Waals surface area contributed by atoms with Crippen molar-refractivity contribution in [1.29, 1.82) is 0 Å². The van der Waals surface area contributed by atoms with Crippen LogP contribution in [0.2, 0.25) is 0 Å². The van der Waals surface area contributed by atoms with Gasteiger partial charge >= 0.3 is 0 Å². The van der Waals surface area contributed by atoms with Crippen molar-refractivity contribution >= 4 is 10.0 Å². The molecule has 78 valence electrons. The van der Waals surface area contributed by atoms with Crippen molar-refractivity contribution in [3.8, 4) is 0 Å². The van der Waals surface area contributed by atoms with Gasteiger partial charge in [0.1, 0.15) is 4.90 Å². The summed E-state index contributed by atoms with van der Waals surface area (Å²) in [4.78, 5) is 0.200. The van der Waals surface area contributed by atoms with E-state index in [1.54, 1.807) is 0 Å². The molecule has 1 aromatic rings. The van der Waals surface area contributed by atoms with Crippen LogP contribution >= 0.6 is 0 Å². The van der Waals surface area contributed by atoms with Gasteiger partial charge in [0.15, 0.2) is 0 Å². The number of sulfonamides is 1. The molecule has 1 fully saturated rings. The first kappa shape index (κ1) is 9.67. The van der Waals surface area contributed by atoms with Crippen LogP contribution in [-0.4, -0.2) is 24.2 Å². The Balaban J connectivity index is 2.18. The summed E-state index contributed by atoms with van der Waals surface area (Å²) in [5.41, 5.74) is -0.254. The van der Waals surface area contributed by atoms with E-state index in [-0.39, 0.29) is 10.4 Å². The molecule has 1 saturated carbocycles. The summed E-state index contributed by atoms with van der Waals surface area (Å²) in [5.74, 6) is 0. The van der Waals surface area contributed by atoms with Gasteiger partial charge in [-0.3, -0.25) is 5.10 Å². The van der Waals surface area contributed by atoms with Gasteiger partial charge in [-0.25, -0.2) is 13.1 Å². The Hall–Kier alpha value is -0.880. The Morgan fingerprint density at radius 2 is 2.29 bits per heavy atom. The predicted octanol–water partition coefficient (Wildman–Crippen LogP) is 0.631. The van der Waals surface area contributed by atoms with Crippen LogP contribution in [0.25, 0.3) is 0 Å². The van der Waals surface area contributed by atoms with Crippen molar-refractivity contribution in [3.63, 3.8) is 0 Å². The fourth-order valence-corrected chi connectivity index (χ4v) is 2.95. The second kappa shape index (κ2) is 3.06. The van der Waals surface area contributed by atoms with Crippen LogP contribution in [0, 0.1) is 0 Å². The van der Waals surface area contributed by atoms with Gasteiger partial charge in [0, 0.05) is 11.7 Å². The van der Waals surface area contributed by atoms with Crippen molar-refractivity contribution in [1.82, 2.24) is 14.9 Å². The van der Waals surface area contributed by atoms with Gasteiger partial charge in [0.05, 0.1) is 6.20 Å². The summed E-state index contributed by atoms with van der Waals surface area (Å²) in [6, 6.07) is 0. The van der Waals surface area contributed by atoms with Gasteiger partial charge in [-0.2, -0.15) is 5.10 Å². The van der Waals surface area contributed by atoms with Crippen LogP contribution in [0.4, 0.5) is 0 Å². The lowest BCUT2D eigenvalue weighted by Crippen LogP contribution is -2.50. The number of nitrogens with zero attached hydrogens (tertiary/aromatic N) is 1. The normalized spacial score (nSPS) is 20.4. The highest BCUT2D eigenvalue weighted by Gasteiger charge is 2.36. The molecule has 0 aromatic carbocycles. The third-order valence-electron chi connectivity index (χ3n) is 2.62. The summed E-state index contributed by atoms with van der Waals surface area (Å²) < 4.78 is 26.1. The topological polar surface area (TPSA) is 74.8 Å². The van der Waals surface area contributed by atoms with Crippen molar-refractivity contribution in [2.24, 2.45) is 0 Å². The molecular weight excluding hydrogens is 202 g/mol. The molecule has 0 unspecified atom stereocenters. The number of aromatic amines is 1. The summed E-state index contributed by atoms with van der Waals surface area (Å²) in [6.45, 7) is 1.92. The fourth-order valence-electron chi connectivity index (χ4n) is 1.58. The van der Waals surface area contributed by atoms with Gasteiger partial charge in [0.2, 0.25) is 10.0 Å². The van der Waals surface area contributed by atoms with E-state index in [0.29, 0.717) is 0 Å². The van der Waals surface area contributed by atoms with Crippen molar-refractivity contribution < 1.29 is 8.42 Å². The molecular formula is C8H13N3O2S. The molecule has 6 heteroatoms. The summed E-state index contributed by atoms with van der Waals surface area (Å²) in [6.07, 6.45) is 5.59. The van der Waals surface area contributed by atoms with E-state index in [1.807, 2.05) is 6.92 Å². The number of H-pyrrole nitrogens is 1. The average Bonchev–Trinajstić information content (AvgIpc) is 2.52. The zero-order valence-corrected chi connectivity index (χ0v) is 8.76. The maximum Gasteiger partial charge on any atom is 0.244 e. The lowest BCUT2D eigenvalue weighted by molar-refractivity contribution is 0.248. The summed E-state index contributed by atoms with van der Waals surface area (Å²) in [7, 11) is -3.38. The molecule has 14 heavy (non-hydrogen) atoms. The van der Waals surface area contributed by atoms with Gasteiger partial charge in [-0.15, -0.1) is 0 Å². The van der Waals surface area contributed by atoms with E-state index in [4.69, 9.17) is 0 Å². The van der Waals surface area contributed by atoms with Crippen LogP contribution in [0.1, 0.15) is 26.2 Å². The summed E-state index contributed by atoms with van der Waals surface area (Å²) >= 11 is 0. The molecule has 5 nitrogen and oxygen atoms in total. The van der Waals surface area contributed by atoms with E-state index in [2.05, 4.69) is 14.9 Å². The molecule has 1 heterocycles. The first-order chi connectivity index (χ1) is 6.52. The zero-order valence-electron chi connectivity index (χ0n) is 7.95. The number of hydrogen-bond acceptors (Lipinski definition) is 3. The van der Waals surface area contributed by atoms with Crippen LogP contribution in [0.15, 0.2) is 17.3 Å². The van der Waals surface area contributed by atoms with E-state index in [1.165, 1.54) is 12.4 Å². The first-order valence-electron chi connectivity index (χ1n) is 4.55. The Morgan fingerprint density at radius 3 is 2.71 bits per heavy atom. The Kier molecular flexibility index (Phi) is 2.11. The van der Waals surface area contributed by atoms with Crippen molar-refractivity contribution in [3.05, 3.63) is 12.4 Å². The lowest BCUT2D eigenvalue weighted by Gasteiger charge is -2.38. The molecule has 0 saturated heterocycles. The molecule has 0 aliphatic heterocycles. The fraction of sp³-hybridized carbons (Fsp3) is 0.625. The maximum atomic E-state index is 11.7. The molecule has 1 aromatic heterocycles. The lowest BCUT2D eigenvalue weighted by atomic mass is 9.80. The molecule has 1 aliphatic carbocycles. The number of aromatic nitrogens is 2. The van der Waals surface area contributed by atoms with Crippen LogP contribution < -0.4 is 4.72 Å². The monoisotopic (exact) mass is 215 g/mol. The van der Waals surface area contributed by atoms with Gasteiger partial charge in [-0.05, 0) is 26.2 Å². The second-order valence-corrected chi connectivity index (χ2v) is 5.64. The maximum absolute atomic E-state index is 11.7. The SMILES string of the molecule is CC1(NS(=O)(=O)c2cn[nH]c2)CCC1. The molecule has 0 radical (unpaired) electrons. The standard InChI is InChI=1S/C8H13N3O2S/c1-8(3-2-4-8)11-14(12,13)7-5-9-10-6-7/h5-6,11H,2-4H2,1H3,(H,9,10). The molecule has 2 rings (SSSR count). The Morgan fingerprint density at radius 1 is 1.57 bits per heavy atom. The van der Waals surface area contributed by atoms with Gasteiger partial charge < -0.3 is 0 Å². The molecule has 0 bridgehead atoms. The van der Waals surface area contributed by atoms with E-state index in [9.17, 15) is 8.42 Å². The highest BCUT2D eigenvalue weighted by atomic mass is 32.2. The average molecular weight is 215 g/mol. The molecule has 0 amide bonds. The van der Waals surface area contributed by atoms with Crippen LogP contribution in [0.3, 0.4) is 0 Å². The Bertz CT molecular complexity index is 406. The van der Waals surface area contributed by atoms with E-state index < -0.39 is 10.0 Å². The van der Waals surface area contributed by atoms with Crippen LogP contribution in [-0.2, 0) is 10.0 Å². The minimum Gasteiger partial charge on any atom is -0.284 e. The Labute approximate surface area is 83.0 Å². The van der Waals surface area contributed by atoms with E-state index in [0.717, 1.165) is 19.3 Å². The molecule has 2 N–H and O–H groups in total. The number of rotatable bonds is 3. The van der Waals surface area contributed by atoms with Gasteiger partial charge in [0.25, 0.3) is 0 Å². The second-order valence-electron chi connectivity index (χ2n) is 3.95. The minimum absolute atomic E-state index is 0.200. The predicted molar refractivity (Wildman–Crippen MR) is 51.2 cm³/mol. The number of nitrogens with one attached hydrogen (secondary N) is 2. The summed E-state index contributed by atoms with van der Waals surface area (Å²) in [5, 5.41) is 6.11. The van der Waals surface area contributed by atoms with E-state index >= 15 is 0 Å². The first-order valence-corrected chi connectivity index (χ1v) is 6.03. The molecule has 0 spiro atoms. The molecule has 0 atom stereocenters. The molecule has 1 aliphatic rings. The highest BCUT2D eigenvalue weighted by Crippen LogP contribution is 2.32. The quantitative estimate of drug-likeness (QED) is 0.776. The highest BCUT2D eigenvalue weighted by molar-refractivity contribution is 7.89. The zero-order chi connectivity index (χ0) is 10.2. The van der Waals surface area contributed by atoms with Gasteiger partial charge in [-0.1, -0.05) is 0 Å². The van der Waals surface area contributed by atoms with Crippen molar-refractivity contribution in [2.45, 2.75) is 36.6 Å². The smallest absolute Gasteiger partial charge is 0.244 e. The van der Waals surface area contributed by atoms with Crippen molar-refractivity contribution in [2.75, 3.05) is 0 Å². The van der Waals surface area contributed by atoms with Crippen LogP contribution in [0.5, 0.6) is 0 Å². The third-order valence-corrected chi connectivity index (χ3v) is 4.23. The number of hydrogen-bond donors (Lipinski definition) is 2.